The molecule has 154 valence electrons. The smallest absolute Gasteiger partial charge is 0.244 e. The average molecular weight is 389 g/mol. The number of hydrogen-bond donors (Lipinski definition) is 2. The summed E-state index contributed by atoms with van der Waals surface area (Å²) in [5.41, 5.74) is -0.112. The normalized spacial score (nSPS) is 31.6. The maximum Gasteiger partial charge on any atom is 0.244 e. The third kappa shape index (κ3) is 3.87. The molecule has 7 heteroatoms. The minimum atomic E-state index is -0.721. The van der Waals surface area contributed by atoms with Crippen LogP contribution >= 0.6 is 0 Å². The van der Waals surface area contributed by atoms with E-state index in [1.54, 1.807) is 4.90 Å². The molecule has 2 heterocycles. The largest absolute Gasteiger partial charge is 0.356 e. The Morgan fingerprint density at radius 1 is 1.39 bits per heavy atom. The van der Waals surface area contributed by atoms with Crippen LogP contribution in [-0.2, 0) is 14.4 Å². The van der Waals surface area contributed by atoms with Gasteiger partial charge in [0.1, 0.15) is 12.1 Å². The van der Waals surface area contributed by atoms with E-state index in [0.29, 0.717) is 38.3 Å². The first-order valence-electron chi connectivity index (χ1n) is 10.2. The number of carbonyl (C=O) groups excluding carboxylic acids is 3. The SMILES string of the molecule is CC(C)(C)CC(=O)N1C[C@H]2[C@@H]([C@H]1C(=O)N[C@H](C#N)C[C@@H]1CCNC1=O)C2(C)C. The molecule has 0 unspecified atom stereocenters. The van der Waals surface area contributed by atoms with Crippen LogP contribution in [0.25, 0.3) is 0 Å². The van der Waals surface area contributed by atoms with Crippen LogP contribution in [0.15, 0.2) is 0 Å². The van der Waals surface area contributed by atoms with Gasteiger partial charge in [-0.2, -0.15) is 5.26 Å². The van der Waals surface area contributed by atoms with Crippen molar-refractivity contribution >= 4 is 17.7 Å². The highest BCUT2D eigenvalue weighted by Crippen LogP contribution is 2.65. The van der Waals surface area contributed by atoms with Gasteiger partial charge in [-0.1, -0.05) is 34.6 Å². The van der Waals surface area contributed by atoms with E-state index in [0.717, 1.165) is 0 Å². The van der Waals surface area contributed by atoms with Gasteiger partial charge in [-0.3, -0.25) is 14.4 Å². The second kappa shape index (κ2) is 7.06. The van der Waals surface area contributed by atoms with Gasteiger partial charge in [-0.25, -0.2) is 0 Å². The molecule has 1 saturated carbocycles. The first kappa shape index (κ1) is 20.6. The van der Waals surface area contributed by atoms with E-state index in [-0.39, 0.29) is 40.4 Å². The second-order valence-corrected chi connectivity index (χ2v) is 10.4. The Morgan fingerprint density at radius 2 is 2.07 bits per heavy atom. The van der Waals surface area contributed by atoms with Crippen molar-refractivity contribution in [3.05, 3.63) is 0 Å². The fraction of sp³-hybridized carbons (Fsp3) is 0.810. The van der Waals surface area contributed by atoms with E-state index in [1.807, 2.05) is 20.8 Å². The molecule has 7 nitrogen and oxygen atoms in total. The molecule has 3 fully saturated rings. The van der Waals surface area contributed by atoms with Crippen molar-refractivity contribution < 1.29 is 14.4 Å². The fourth-order valence-electron chi connectivity index (χ4n) is 4.95. The number of fused-ring (bicyclic) bond motifs is 1. The molecule has 0 spiro atoms. The van der Waals surface area contributed by atoms with Crippen molar-refractivity contribution in [2.24, 2.45) is 28.6 Å². The Kier molecular flexibility index (Phi) is 5.20. The Hall–Kier alpha value is -2.10. The summed E-state index contributed by atoms with van der Waals surface area (Å²) in [7, 11) is 0. The van der Waals surface area contributed by atoms with Crippen LogP contribution in [0.2, 0.25) is 0 Å². The third-order valence-electron chi connectivity index (χ3n) is 6.63. The number of amides is 3. The molecule has 0 aromatic heterocycles. The summed E-state index contributed by atoms with van der Waals surface area (Å²) >= 11 is 0. The number of rotatable bonds is 5. The minimum Gasteiger partial charge on any atom is -0.356 e. The zero-order chi connectivity index (χ0) is 20.9. The zero-order valence-electron chi connectivity index (χ0n) is 17.5. The summed E-state index contributed by atoms with van der Waals surface area (Å²) in [4.78, 5) is 39.5. The molecular weight excluding hydrogens is 356 g/mol. The van der Waals surface area contributed by atoms with Crippen LogP contribution in [0.1, 0.15) is 53.9 Å². The fourth-order valence-corrected chi connectivity index (χ4v) is 4.95. The highest BCUT2D eigenvalue weighted by Gasteiger charge is 2.69. The predicted octanol–water partition coefficient (Wildman–Crippen LogP) is 1.44. The lowest BCUT2D eigenvalue weighted by Crippen LogP contribution is -2.52. The van der Waals surface area contributed by atoms with Gasteiger partial charge in [0, 0.05) is 25.4 Å². The molecule has 0 radical (unpaired) electrons. The molecule has 3 rings (SSSR count). The molecule has 2 saturated heterocycles. The number of hydrogen-bond acceptors (Lipinski definition) is 4. The maximum absolute atomic E-state index is 13.1. The van der Waals surface area contributed by atoms with Crippen LogP contribution in [0.4, 0.5) is 0 Å². The van der Waals surface area contributed by atoms with E-state index in [4.69, 9.17) is 0 Å². The van der Waals surface area contributed by atoms with Crippen LogP contribution in [0.3, 0.4) is 0 Å². The average Bonchev–Trinajstić information content (AvgIpc) is 2.97. The van der Waals surface area contributed by atoms with E-state index in [2.05, 4.69) is 30.6 Å². The Bertz CT molecular complexity index is 718. The quantitative estimate of drug-likeness (QED) is 0.744. The van der Waals surface area contributed by atoms with Crippen LogP contribution in [-0.4, -0.2) is 47.8 Å². The van der Waals surface area contributed by atoms with Gasteiger partial charge in [0.25, 0.3) is 0 Å². The summed E-state index contributed by atoms with van der Waals surface area (Å²) in [5, 5.41) is 15.1. The lowest BCUT2D eigenvalue weighted by molar-refractivity contribution is -0.141. The van der Waals surface area contributed by atoms with Crippen LogP contribution in [0.5, 0.6) is 0 Å². The van der Waals surface area contributed by atoms with Crippen LogP contribution in [0, 0.1) is 39.9 Å². The molecule has 2 aliphatic heterocycles. The number of nitrogens with zero attached hydrogens (tertiary/aromatic N) is 2. The summed E-state index contributed by atoms with van der Waals surface area (Å²) in [6.45, 7) is 11.5. The van der Waals surface area contributed by atoms with Gasteiger partial charge in [0.15, 0.2) is 0 Å². The van der Waals surface area contributed by atoms with Gasteiger partial charge >= 0.3 is 0 Å². The Morgan fingerprint density at radius 3 is 2.61 bits per heavy atom. The second-order valence-electron chi connectivity index (χ2n) is 10.4. The van der Waals surface area contributed by atoms with Crippen molar-refractivity contribution in [3.63, 3.8) is 0 Å². The molecule has 1 aliphatic carbocycles. The highest BCUT2D eigenvalue weighted by atomic mass is 16.2. The summed E-state index contributed by atoms with van der Waals surface area (Å²) in [6.07, 6.45) is 1.39. The van der Waals surface area contributed by atoms with Gasteiger partial charge in [-0.05, 0) is 35.5 Å². The van der Waals surface area contributed by atoms with Gasteiger partial charge in [0.05, 0.1) is 6.07 Å². The summed E-state index contributed by atoms with van der Waals surface area (Å²) in [6, 6.07) is 0.875. The summed E-state index contributed by atoms with van der Waals surface area (Å²) < 4.78 is 0. The number of likely N-dealkylation sites (tertiary alicyclic amines) is 1. The first-order chi connectivity index (χ1) is 13.0. The topological polar surface area (TPSA) is 102 Å². The Balaban J connectivity index is 1.70. The Labute approximate surface area is 167 Å². The van der Waals surface area contributed by atoms with Crippen molar-refractivity contribution in [2.45, 2.75) is 66.0 Å². The lowest BCUT2D eigenvalue weighted by atomic mass is 9.90. The predicted molar refractivity (Wildman–Crippen MR) is 104 cm³/mol. The zero-order valence-corrected chi connectivity index (χ0v) is 17.5. The van der Waals surface area contributed by atoms with Crippen molar-refractivity contribution in [2.75, 3.05) is 13.1 Å². The van der Waals surface area contributed by atoms with Gasteiger partial charge in [0.2, 0.25) is 17.7 Å². The molecule has 28 heavy (non-hydrogen) atoms. The molecular formula is C21H32N4O3. The summed E-state index contributed by atoms with van der Waals surface area (Å²) in [5.74, 6) is -0.0959. The molecule has 0 aromatic carbocycles. The number of nitrogens with one attached hydrogen (secondary N) is 2. The van der Waals surface area contributed by atoms with E-state index in [1.165, 1.54) is 0 Å². The number of carbonyl (C=O) groups is 3. The number of nitriles is 1. The minimum absolute atomic E-state index is 0.000622. The lowest BCUT2D eigenvalue weighted by Gasteiger charge is -2.32. The molecule has 3 aliphatic rings. The maximum atomic E-state index is 13.1. The van der Waals surface area contributed by atoms with Crippen LogP contribution < -0.4 is 10.6 Å². The van der Waals surface area contributed by atoms with E-state index in [9.17, 15) is 19.6 Å². The van der Waals surface area contributed by atoms with Gasteiger partial charge in [-0.15, -0.1) is 0 Å². The van der Waals surface area contributed by atoms with Crippen molar-refractivity contribution in [1.82, 2.24) is 15.5 Å². The van der Waals surface area contributed by atoms with Crippen molar-refractivity contribution in [3.8, 4) is 6.07 Å². The molecule has 2 N–H and O–H groups in total. The standard InChI is InChI=1S/C21H32N4O3/c1-20(2,3)9-15(26)25-11-14-16(21(14,4)5)17(25)19(28)24-13(10-22)8-12-6-7-23-18(12)27/h12-14,16-17H,6-9,11H2,1-5H3,(H,23,27)(H,24,28)/t12-,13-,14-,16-,17-/m0/s1. The third-order valence-corrected chi connectivity index (χ3v) is 6.63. The molecule has 0 aromatic rings. The van der Waals surface area contributed by atoms with Crippen molar-refractivity contribution in [1.29, 1.82) is 5.26 Å². The highest BCUT2D eigenvalue weighted by molar-refractivity contribution is 5.90. The monoisotopic (exact) mass is 388 g/mol. The molecule has 3 amide bonds. The first-order valence-corrected chi connectivity index (χ1v) is 10.2. The van der Waals surface area contributed by atoms with E-state index < -0.39 is 12.1 Å². The van der Waals surface area contributed by atoms with Gasteiger partial charge < -0.3 is 15.5 Å². The molecule has 0 bridgehead atoms. The number of piperidine rings is 1. The van der Waals surface area contributed by atoms with E-state index >= 15 is 0 Å². The molecule has 5 atom stereocenters.